The van der Waals surface area contributed by atoms with E-state index < -0.39 is 18.7 Å². The molecule has 2 N–H and O–H groups in total. The molecule has 1 rings (SSSR count). The number of carbonyl (C=O) groups is 1. The Kier molecular flexibility index (Phi) is 4.93. The fraction of sp³-hybridized carbons (Fsp3) is 0.417. The molecule has 0 bridgehead atoms. The Morgan fingerprint density at radius 1 is 1.47 bits per heavy atom. The van der Waals surface area contributed by atoms with Gasteiger partial charge in [-0.1, -0.05) is 6.07 Å². The summed E-state index contributed by atoms with van der Waals surface area (Å²) in [5, 5.41) is 18.1. The van der Waals surface area contributed by atoms with Gasteiger partial charge in [-0.2, -0.15) is 0 Å². The SMILES string of the molecule is COc1ccc(C(O)COCC(=O)O)cc1C. The molecule has 1 atom stereocenters. The van der Waals surface area contributed by atoms with E-state index in [2.05, 4.69) is 0 Å². The second kappa shape index (κ2) is 6.22. The average Bonchev–Trinajstić information content (AvgIpc) is 2.28. The van der Waals surface area contributed by atoms with Gasteiger partial charge in [0.05, 0.1) is 13.7 Å². The number of aliphatic carboxylic acids is 1. The summed E-state index contributed by atoms with van der Waals surface area (Å²) in [7, 11) is 1.58. The lowest BCUT2D eigenvalue weighted by molar-refractivity contribution is -0.143. The van der Waals surface area contributed by atoms with Crippen LogP contribution in [0.15, 0.2) is 18.2 Å². The van der Waals surface area contributed by atoms with Crippen LogP contribution in [0, 0.1) is 6.92 Å². The Morgan fingerprint density at radius 3 is 2.71 bits per heavy atom. The van der Waals surface area contributed by atoms with E-state index in [1.807, 2.05) is 6.92 Å². The van der Waals surface area contributed by atoms with Crippen LogP contribution >= 0.6 is 0 Å². The molecule has 1 aromatic rings. The van der Waals surface area contributed by atoms with Crippen molar-refractivity contribution in [1.29, 1.82) is 0 Å². The highest BCUT2D eigenvalue weighted by molar-refractivity contribution is 5.67. The number of hydrogen-bond acceptors (Lipinski definition) is 4. The molecule has 0 aliphatic rings. The number of benzene rings is 1. The first-order valence-corrected chi connectivity index (χ1v) is 5.16. The zero-order valence-electron chi connectivity index (χ0n) is 9.84. The summed E-state index contributed by atoms with van der Waals surface area (Å²) in [6.45, 7) is 1.41. The summed E-state index contributed by atoms with van der Waals surface area (Å²) in [6.07, 6.45) is -0.834. The molecule has 0 heterocycles. The summed E-state index contributed by atoms with van der Waals surface area (Å²) >= 11 is 0. The van der Waals surface area contributed by atoms with Crippen LogP contribution in [-0.2, 0) is 9.53 Å². The molecule has 0 amide bonds. The highest BCUT2D eigenvalue weighted by Crippen LogP contribution is 2.22. The molecule has 5 nitrogen and oxygen atoms in total. The topological polar surface area (TPSA) is 76.0 Å². The van der Waals surface area contributed by atoms with Gasteiger partial charge in [-0.25, -0.2) is 4.79 Å². The van der Waals surface area contributed by atoms with E-state index in [0.717, 1.165) is 11.3 Å². The number of hydrogen-bond donors (Lipinski definition) is 2. The Bertz CT molecular complexity index is 388. The number of aryl methyl sites for hydroxylation is 1. The molecule has 1 aromatic carbocycles. The molecular formula is C12H16O5. The molecule has 0 saturated carbocycles. The largest absolute Gasteiger partial charge is 0.496 e. The van der Waals surface area contributed by atoms with Gasteiger partial charge in [0.2, 0.25) is 0 Å². The lowest BCUT2D eigenvalue weighted by Gasteiger charge is -2.13. The lowest BCUT2D eigenvalue weighted by Crippen LogP contribution is -2.13. The predicted octanol–water partition coefficient (Wildman–Crippen LogP) is 1.14. The maximum Gasteiger partial charge on any atom is 0.329 e. The van der Waals surface area contributed by atoms with E-state index in [1.54, 1.807) is 25.3 Å². The quantitative estimate of drug-likeness (QED) is 0.779. The first kappa shape index (κ1) is 13.5. The van der Waals surface area contributed by atoms with Crippen molar-refractivity contribution >= 4 is 5.97 Å². The molecule has 0 aliphatic heterocycles. The maximum atomic E-state index is 10.2. The predicted molar refractivity (Wildman–Crippen MR) is 61.1 cm³/mol. The van der Waals surface area contributed by atoms with Crippen LogP contribution in [0.5, 0.6) is 5.75 Å². The molecule has 1 unspecified atom stereocenters. The number of carboxylic acid groups (broad SMARTS) is 1. The third-order valence-electron chi connectivity index (χ3n) is 2.30. The summed E-state index contributed by atoms with van der Waals surface area (Å²) in [6, 6.07) is 5.26. The van der Waals surface area contributed by atoms with Gasteiger partial charge in [0.1, 0.15) is 18.5 Å². The second-order valence-electron chi connectivity index (χ2n) is 3.65. The third-order valence-corrected chi connectivity index (χ3v) is 2.30. The van der Waals surface area contributed by atoms with Crippen molar-refractivity contribution in [3.63, 3.8) is 0 Å². The first-order chi connectivity index (χ1) is 8.04. The van der Waals surface area contributed by atoms with Crippen LogP contribution < -0.4 is 4.74 Å². The standard InChI is InChI=1S/C12H16O5/c1-8-5-9(3-4-11(8)16-2)10(13)6-17-7-12(14)15/h3-5,10,13H,6-7H2,1-2H3,(H,14,15). The molecule has 5 heteroatoms. The number of methoxy groups -OCH3 is 1. The molecule has 0 aromatic heterocycles. The Balaban J connectivity index is 2.59. The zero-order chi connectivity index (χ0) is 12.8. The zero-order valence-corrected chi connectivity index (χ0v) is 9.84. The van der Waals surface area contributed by atoms with Crippen LogP contribution in [0.2, 0.25) is 0 Å². The minimum atomic E-state index is -1.05. The minimum absolute atomic E-state index is 0.0436. The number of rotatable bonds is 6. The van der Waals surface area contributed by atoms with Crippen LogP contribution in [-0.4, -0.2) is 36.5 Å². The van der Waals surface area contributed by atoms with Crippen LogP contribution in [0.25, 0.3) is 0 Å². The van der Waals surface area contributed by atoms with Crippen molar-refractivity contribution in [2.75, 3.05) is 20.3 Å². The highest BCUT2D eigenvalue weighted by Gasteiger charge is 2.10. The monoisotopic (exact) mass is 240 g/mol. The Hall–Kier alpha value is -1.59. The summed E-state index contributed by atoms with van der Waals surface area (Å²) in [5.41, 5.74) is 1.58. The van der Waals surface area contributed by atoms with E-state index in [-0.39, 0.29) is 6.61 Å². The van der Waals surface area contributed by atoms with E-state index in [0.29, 0.717) is 5.56 Å². The smallest absolute Gasteiger partial charge is 0.329 e. The average molecular weight is 240 g/mol. The van der Waals surface area contributed by atoms with Crippen LogP contribution in [0.3, 0.4) is 0 Å². The molecule has 0 fully saturated rings. The molecule has 0 aliphatic carbocycles. The molecule has 17 heavy (non-hydrogen) atoms. The van der Waals surface area contributed by atoms with Crippen molar-refractivity contribution in [2.45, 2.75) is 13.0 Å². The van der Waals surface area contributed by atoms with Gasteiger partial charge in [0.25, 0.3) is 0 Å². The fourth-order valence-electron chi connectivity index (χ4n) is 1.46. The summed E-state index contributed by atoms with van der Waals surface area (Å²) in [4.78, 5) is 10.2. The van der Waals surface area contributed by atoms with E-state index >= 15 is 0 Å². The van der Waals surface area contributed by atoms with E-state index in [1.165, 1.54) is 0 Å². The number of aliphatic hydroxyl groups excluding tert-OH is 1. The van der Waals surface area contributed by atoms with Crippen molar-refractivity contribution in [3.8, 4) is 5.75 Å². The van der Waals surface area contributed by atoms with Gasteiger partial charge in [0.15, 0.2) is 0 Å². The van der Waals surface area contributed by atoms with Crippen molar-refractivity contribution in [1.82, 2.24) is 0 Å². The van der Waals surface area contributed by atoms with Crippen LogP contribution in [0.4, 0.5) is 0 Å². The lowest BCUT2D eigenvalue weighted by atomic mass is 10.1. The van der Waals surface area contributed by atoms with Crippen molar-refractivity contribution in [3.05, 3.63) is 29.3 Å². The Labute approximate surface area is 99.6 Å². The maximum absolute atomic E-state index is 10.2. The van der Waals surface area contributed by atoms with Gasteiger partial charge in [0, 0.05) is 0 Å². The van der Waals surface area contributed by atoms with E-state index in [9.17, 15) is 9.90 Å². The van der Waals surface area contributed by atoms with Crippen molar-refractivity contribution in [2.24, 2.45) is 0 Å². The molecule has 0 saturated heterocycles. The fourth-order valence-corrected chi connectivity index (χ4v) is 1.46. The number of carboxylic acids is 1. The Morgan fingerprint density at radius 2 is 2.18 bits per heavy atom. The first-order valence-electron chi connectivity index (χ1n) is 5.16. The third kappa shape index (κ3) is 4.05. The van der Waals surface area contributed by atoms with E-state index in [4.69, 9.17) is 14.6 Å². The van der Waals surface area contributed by atoms with Gasteiger partial charge in [-0.15, -0.1) is 0 Å². The molecular weight excluding hydrogens is 224 g/mol. The number of aliphatic hydroxyl groups is 1. The second-order valence-corrected chi connectivity index (χ2v) is 3.65. The summed E-state index contributed by atoms with van der Waals surface area (Å²) < 4.78 is 9.93. The normalized spacial score (nSPS) is 12.2. The van der Waals surface area contributed by atoms with Gasteiger partial charge in [-0.05, 0) is 30.2 Å². The highest BCUT2D eigenvalue weighted by atomic mass is 16.5. The van der Waals surface area contributed by atoms with Gasteiger partial charge in [-0.3, -0.25) is 0 Å². The van der Waals surface area contributed by atoms with Crippen molar-refractivity contribution < 1.29 is 24.5 Å². The number of ether oxygens (including phenoxy) is 2. The van der Waals surface area contributed by atoms with Gasteiger partial charge < -0.3 is 19.7 Å². The molecule has 94 valence electrons. The summed E-state index contributed by atoms with van der Waals surface area (Å²) in [5.74, 6) is -0.310. The van der Waals surface area contributed by atoms with Crippen LogP contribution in [0.1, 0.15) is 17.2 Å². The molecule has 0 spiro atoms. The minimum Gasteiger partial charge on any atom is -0.496 e. The molecule has 0 radical (unpaired) electrons. The van der Waals surface area contributed by atoms with Gasteiger partial charge >= 0.3 is 5.97 Å².